The summed E-state index contributed by atoms with van der Waals surface area (Å²) in [6.07, 6.45) is 2.36. The van der Waals surface area contributed by atoms with E-state index in [1.54, 1.807) is 0 Å². The minimum absolute atomic E-state index is 0. The van der Waals surface area contributed by atoms with Crippen molar-refractivity contribution in [2.24, 2.45) is 10.9 Å². The lowest BCUT2D eigenvalue weighted by Crippen LogP contribution is -2.40. The Bertz CT molecular complexity index is 742. The van der Waals surface area contributed by atoms with Crippen molar-refractivity contribution in [2.45, 2.75) is 40.2 Å². The number of hydrogen-bond acceptors (Lipinski definition) is 4. The topological polar surface area (TPSA) is 65.7 Å². The molecule has 1 aliphatic rings. The van der Waals surface area contributed by atoms with Crippen LogP contribution in [0, 0.1) is 19.8 Å². The quantitative estimate of drug-likeness (QED) is 0.323. The number of aliphatic imine (C=N–C) groups is 1. The van der Waals surface area contributed by atoms with Crippen LogP contribution in [-0.4, -0.2) is 48.6 Å². The molecule has 1 saturated heterocycles. The molecule has 2 N–H and O–H groups in total. The first kappa shape index (κ1) is 23.7. The SMILES string of the molecule is CCNC(=NCc1nc(C)c(C)o1)NCC1CCN(CCc2ccccc2)C1.I. The fraction of sp³-hybridized carbons (Fsp3) is 0.545. The Morgan fingerprint density at radius 1 is 1.24 bits per heavy atom. The molecule has 1 aliphatic heterocycles. The fourth-order valence-electron chi connectivity index (χ4n) is 3.55. The summed E-state index contributed by atoms with van der Waals surface area (Å²) in [6, 6.07) is 10.7. The third-order valence-electron chi connectivity index (χ3n) is 5.28. The second-order valence-corrected chi connectivity index (χ2v) is 7.52. The lowest BCUT2D eigenvalue weighted by Gasteiger charge is -2.17. The summed E-state index contributed by atoms with van der Waals surface area (Å²) in [5.41, 5.74) is 2.35. The van der Waals surface area contributed by atoms with Crippen LogP contribution < -0.4 is 10.6 Å². The van der Waals surface area contributed by atoms with E-state index in [9.17, 15) is 0 Å². The summed E-state index contributed by atoms with van der Waals surface area (Å²) in [6.45, 7) is 11.7. The molecule has 160 valence electrons. The summed E-state index contributed by atoms with van der Waals surface area (Å²) < 4.78 is 5.62. The van der Waals surface area contributed by atoms with Gasteiger partial charge in [0, 0.05) is 26.2 Å². The van der Waals surface area contributed by atoms with E-state index in [4.69, 9.17) is 4.42 Å². The molecule has 0 radical (unpaired) electrons. The molecule has 0 amide bonds. The van der Waals surface area contributed by atoms with E-state index in [0.717, 1.165) is 50.0 Å². The Labute approximate surface area is 191 Å². The van der Waals surface area contributed by atoms with Gasteiger partial charge in [0.25, 0.3) is 0 Å². The van der Waals surface area contributed by atoms with E-state index in [2.05, 4.69) is 62.8 Å². The van der Waals surface area contributed by atoms with Crippen molar-refractivity contribution < 1.29 is 4.42 Å². The van der Waals surface area contributed by atoms with Crippen molar-refractivity contribution in [3.8, 4) is 0 Å². The standard InChI is InChI=1S/C22H33N5O.HI/c1-4-23-22(25-15-21-26-17(2)18(3)28-21)24-14-20-11-13-27(16-20)12-10-19-8-6-5-7-9-19;/h5-9,20H,4,10-16H2,1-3H3,(H2,23,24,25);1H. The van der Waals surface area contributed by atoms with Gasteiger partial charge in [0.05, 0.1) is 5.69 Å². The summed E-state index contributed by atoms with van der Waals surface area (Å²) in [7, 11) is 0. The third-order valence-corrected chi connectivity index (χ3v) is 5.28. The zero-order chi connectivity index (χ0) is 19.8. The number of rotatable bonds is 8. The lowest BCUT2D eigenvalue weighted by atomic mass is 10.1. The van der Waals surface area contributed by atoms with Gasteiger partial charge in [-0.15, -0.1) is 24.0 Å². The molecule has 1 aromatic carbocycles. The first-order valence-electron chi connectivity index (χ1n) is 10.4. The number of likely N-dealkylation sites (tertiary alicyclic amines) is 1. The van der Waals surface area contributed by atoms with Gasteiger partial charge in [-0.2, -0.15) is 0 Å². The maximum absolute atomic E-state index is 5.62. The molecule has 2 heterocycles. The second-order valence-electron chi connectivity index (χ2n) is 7.52. The van der Waals surface area contributed by atoms with Gasteiger partial charge in [-0.3, -0.25) is 0 Å². The highest BCUT2D eigenvalue weighted by molar-refractivity contribution is 14.0. The molecule has 0 saturated carbocycles. The molecule has 7 heteroatoms. The Hall–Kier alpha value is -1.61. The molecule has 1 aromatic heterocycles. The van der Waals surface area contributed by atoms with Crippen molar-refractivity contribution in [1.82, 2.24) is 20.5 Å². The number of hydrogen-bond donors (Lipinski definition) is 2. The lowest BCUT2D eigenvalue weighted by molar-refractivity contribution is 0.328. The van der Waals surface area contributed by atoms with Crippen molar-refractivity contribution in [2.75, 3.05) is 32.7 Å². The van der Waals surface area contributed by atoms with Crippen LogP contribution in [0.5, 0.6) is 0 Å². The van der Waals surface area contributed by atoms with Gasteiger partial charge in [-0.1, -0.05) is 30.3 Å². The average Bonchev–Trinajstić information content (AvgIpc) is 3.29. The maximum atomic E-state index is 5.62. The smallest absolute Gasteiger partial charge is 0.216 e. The predicted octanol–water partition coefficient (Wildman–Crippen LogP) is 3.53. The molecular formula is C22H34IN5O. The highest BCUT2D eigenvalue weighted by atomic mass is 127. The Morgan fingerprint density at radius 2 is 2.03 bits per heavy atom. The zero-order valence-corrected chi connectivity index (χ0v) is 20.1. The van der Waals surface area contributed by atoms with E-state index in [0.29, 0.717) is 18.4 Å². The molecule has 1 fully saturated rings. The van der Waals surface area contributed by atoms with E-state index in [1.165, 1.54) is 18.5 Å². The highest BCUT2D eigenvalue weighted by Crippen LogP contribution is 2.16. The summed E-state index contributed by atoms with van der Waals surface area (Å²) in [5.74, 6) is 3.02. The minimum Gasteiger partial charge on any atom is -0.444 e. The predicted molar refractivity (Wildman–Crippen MR) is 129 cm³/mol. The van der Waals surface area contributed by atoms with Gasteiger partial charge in [-0.05, 0) is 51.6 Å². The van der Waals surface area contributed by atoms with E-state index in [1.807, 2.05) is 13.8 Å². The van der Waals surface area contributed by atoms with Crippen molar-refractivity contribution in [3.05, 3.63) is 53.2 Å². The third kappa shape index (κ3) is 7.62. The van der Waals surface area contributed by atoms with Gasteiger partial charge in [0.15, 0.2) is 5.96 Å². The van der Waals surface area contributed by atoms with Crippen molar-refractivity contribution >= 4 is 29.9 Å². The Kier molecular flexibility index (Phi) is 9.93. The number of guanidine groups is 1. The van der Waals surface area contributed by atoms with Crippen LogP contribution >= 0.6 is 24.0 Å². The van der Waals surface area contributed by atoms with Crippen LogP contribution in [0.2, 0.25) is 0 Å². The van der Waals surface area contributed by atoms with Crippen LogP contribution in [0.25, 0.3) is 0 Å². The second kappa shape index (κ2) is 12.2. The molecule has 6 nitrogen and oxygen atoms in total. The maximum Gasteiger partial charge on any atom is 0.216 e. The van der Waals surface area contributed by atoms with Gasteiger partial charge < -0.3 is 20.0 Å². The van der Waals surface area contributed by atoms with Gasteiger partial charge in [0.2, 0.25) is 5.89 Å². The number of aryl methyl sites for hydroxylation is 2. The molecule has 1 atom stereocenters. The van der Waals surface area contributed by atoms with Crippen molar-refractivity contribution in [3.63, 3.8) is 0 Å². The molecular weight excluding hydrogens is 477 g/mol. The van der Waals surface area contributed by atoms with E-state index in [-0.39, 0.29) is 24.0 Å². The average molecular weight is 511 g/mol. The normalized spacial score (nSPS) is 17.2. The van der Waals surface area contributed by atoms with Crippen LogP contribution in [0.4, 0.5) is 0 Å². The molecule has 0 aliphatic carbocycles. The first-order chi connectivity index (χ1) is 13.6. The van der Waals surface area contributed by atoms with Gasteiger partial charge in [-0.25, -0.2) is 9.98 Å². The van der Waals surface area contributed by atoms with E-state index >= 15 is 0 Å². The van der Waals surface area contributed by atoms with Crippen LogP contribution in [0.15, 0.2) is 39.7 Å². The number of nitrogens with one attached hydrogen (secondary N) is 2. The summed E-state index contributed by atoms with van der Waals surface area (Å²) >= 11 is 0. The van der Waals surface area contributed by atoms with Crippen LogP contribution in [-0.2, 0) is 13.0 Å². The monoisotopic (exact) mass is 511 g/mol. The zero-order valence-electron chi connectivity index (χ0n) is 17.8. The summed E-state index contributed by atoms with van der Waals surface area (Å²) in [4.78, 5) is 11.6. The molecule has 0 bridgehead atoms. The number of benzene rings is 1. The number of halogens is 1. The van der Waals surface area contributed by atoms with E-state index < -0.39 is 0 Å². The van der Waals surface area contributed by atoms with Crippen LogP contribution in [0.1, 0.15) is 36.3 Å². The minimum atomic E-state index is 0. The number of aromatic nitrogens is 1. The summed E-state index contributed by atoms with van der Waals surface area (Å²) in [5, 5.41) is 6.80. The molecule has 1 unspecified atom stereocenters. The van der Waals surface area contributed by atoms with Gasteiger partial charge in [0.1, 0.15) is 12.3 Å². The first-order valence-corrected chi connectivity index (χ1v) is 10.4. The Morgan fingerprint density at radius 3 is 2.72 bits per heavy atom. The molecule has 29 heavy (non-hydrogen) atoms. The van der Waals surface area contributed by atoms with Crippen LogP contribution in [0.3, 0.4) is 0 Å². The fourth-order valence-corrected chi connectivity index (χ4v) is 3.55. The largest absolute Gasteiger partial charge is 0.444 e. The Balaban J connectivity index is 0.00000300. The van der Waals surface area contributed by atoms with Gasteiger partial charge >= 0.3 is 0 Å². The molecule has 2 aromatic rings. The molecule has 0 spiro atoms. The number of nitrogens with zero attached hydrogens (tertiary/aromatic N) is 3. The molecule has 3 rings (SSSR count). The highest BCUT2D eigenvalue weighted by Gasteiger charge is 2.22. The number of oxazole rings is 1. The van der Waals surface area contributed by atoms with Crippen molar-refractivity contribution in [1.29, 1.82) is 0 Å².